The summed E-state index contributed by atoms with van der Waals surface area (Å²) in [4.78, 5) is 39.7. The number of hydrogen-bond acceptors (Lipinski definition) is 8. The lowest BCUT2D eigenvalue weighted by atomic mass is 9.98. The van der Waals surface area contributed by atoms with Gasteiger partial charge in [0.15, 0.2) is 46.6 Å². The second-order valence-corrected chi connectivity index (χ2v) is 15.8. The van der Waals surface area contributed by atoms with Crippen LogP contribution in [0.3, 0.4) is 0 Å². The highest BCUT2D eigenvalue weighted by Crippen LogP contribution is 2.48. The van der Waals surface area contributed by atoms with Crippen LogP contribution in [0.1, 0.15) is 0 Å². The lowest BCUT2D eigenvalue weighted by molar-refractivity contribution is 0.381. The fourth-order valence-corrected chi connectivity index (χ4v) is 9.03. The lowest BCUT2D eigenvalue weighted by Gasteiger charge is -2.21. The molecule has 0 saturated carbocycles. The maximum Gasteiger partial charge on any atom is 0.234 e. The van der Waals surface area contributed by atoms with E-state index >= 15 is 17.6 Å². The molecule has 0 spiro atoms. The Morgan fingerprint density at radius 2 is 0.696 bits per heavy atom. The first-order chi connectivity index (χ1) is 33.8. The van der Waals surface area contributed by atoms with Crippen LogP contribution in [-0.2, 0) is 0 Å². The highest BCUT2D eigenvalue weighted by Gasteiger charge is 2.32. The minimum atomic E-state index is -2.31. The van der Waals surface area contributed by atoms with Gasteiger partial charge in [-0.3, -0.25) is 0 Å². The van der Waals surface area contributed by atoms with Crippen LogP contribution >= 0.6 is 0 Å². The van der Waals surface area contributed by atoms with Crippen molar-refractivity contribution >= 4 is 49.3 Å². The summed E-state index contributed by atoms with van der Waals surface area (Å²) < 4.78 is 81.6. The monoisotopic (exact) mass is 911 g/mol. The van der Waals surface area contributed by atoms with Gasteiger partial charge in [-0.05, 0) is 103 Å². The number of fused-ring (bicyclic) bond motifs is 6. The zero-order valence-electron chi connectivity index (χ0n) is 35.3. The average Bonchev–Trinajstić information content (AvgIpc) is 3.91. The van der Waals surface area contributed by atoms with E-state index < -0.39 is 40.2 Å². The van der Waals surface area contributed by atoms with E-state index in [0.717, 1.165) is 10.8 Å². The van der Waals surface area contributed by atoms with E-state index in [1.165, 1.54) is 12.1 Å². The first-order valence-electron chi connectivity index (χ1n) is 21.1. The fourth-order valence-electron chi connectivity index (χ4n) is 9.03. The summed E-state index contributed by atoms with van der Waals surface area (Å²) in [5, 5.41) is 2.61. The third-order valence-electron chi connectivity index (χ3n) is 12.0. The zero-order valence-corrected chi connectivity index (χ0v) is 35.3. The smallest absolute Gasteiger partial charge is 0.234 e. The number of hydrogen-bond donors (Lipinski definition) is 0. The van der Waals surface area contributed by atoms with Crippen LogP contribution in [0.25, 0.3) is 117 Å². The predicted molar refractivity (Wildman–Crippen MR) is 251 cm³/mol. The van der Waals surface area contributed by atoms with Gasteiger partial charge >= 0.3 is 0 Å². The summed E-state index contributed by atoms with van der Waals surface area (Å²) in [6.07, 6.45) is 13.0. The Bertz CT molecular complexity index is 3860. The number of rotatable bonds is 7. The van der Waals surface area contributed by atoms with E-state index in [4.69, 9.17) is 6.57 Å². The SMILES string of the molecule is [C-]#[N+]c1c(-n2c3ccc(-c4ncccn4)cc3c3cc(-c4ncccn4)ccc32)ccc(-c2c(F)c(F)c(F)c(F)c2F)c1-n1c2ccc(-c3ncccn3)cc2c2cc(-c3ncccn3)ccc21. The number of nitrogens with zero attached hydrogens (tertiary/aromatic N) is 11. The van der Waals surface area contributed by atoms with E-state index in [2.05, 4.69) is 44.7 Å². The molecular formula is C53H26F5N11. The highest BCUT2D eigenvalue weighted by atomic mass is 19.2. The standard InChI is InChI=1S/C53H26F5N11/c1-59-48-41(68-37-11-6-28(50-60-16-2-17-61-50)24-33(37)34-25-29(7-12-38(34)68)51-62-18-3-19-63-51)15-10-32(42-43(54)45(56)47(58)46(57)44(42)55)49(48)69-39-13-8-30(52-64-20-4-21-65-52)26-35(39)36-27-31(9-14-40(36)69)53-66-22-5-23-67-53/h2-27H. The summed E-state index contributed by atoms with van der Waals surface area (Å²) in [5.41, 5.74) is 2.95. The van der Waals surface area contributed by atoms with Gasteiger partial charge in [0.25, 0.3) is 0 Å². The molecule has 6 aromatic carbocycles. The first-order valence-corrected chi connectivity index (χ1v) is 21.1. The molecule has 0 bridgehead atoms. The Morgan fingerprint density at radius 1 is 0.377 bits per heavy atom. The molecule has 6 aromatic heterocycles. The topological polar surface area (TPSA) is 117 Å². The summed E-state index contributed by atoms with van der Waals surface area (Å²) in [6, 6.07) is 31.4. The maximum absolute atomic E-state index is 16.3. The first kappa shape index (κ1) is 40.9. The summed E-state index contributed by atoms with van der Waals surface area (Å²) >= 11 is 0. The molecule has 12 rings (SSSR count). The van der Waals surface area contributed by atoms with Crippen molar-refractivity contribution in [2.24, 2.45) is 0 Å². The van der Waals surface area contributed by atoms with Crippen LogP contribution < -0.4 is 0 Å². The minimum absolute atomic E-state index is 0.156. The van der Waals surface area contributed by atoms with Crippen molar-refractivity contribution < 1.29 is 22.0 Å². The molecule has 0 atom stereocenters. The van der Waals surface area contributed by atoms with Gasteiger partial charge < -0.3 is 9.13 Å². The second-order valence-electron chi connectivity index (χ2n) is 15.8. The van der Waals surface area contributed by atoms with Gasteiger partial charge in [-0.2, -0.15) is 0 Å². The van der Waals surface area contributed by atoms with Crippen molar-refractivity contribution in [1.82, 2.24) is 49.0 Å². The molecule has 328 valence electrons. The number of aromatic nitrogens is 10. The predicted octanol–water partition coefficient (Wildman–Crippen LogP) is 12.6. The van der Waals surface area contributed by atoms with Crippen LogP contribution in [0, 0.1) is 35.7 Å². The van der Waals surface area contributed by atoms with Crippen LogP contribution in [0.15, 0.2) is 159 Å². The molecule has 69 heavy (non-hydrogen) atoms. The van der Waals surface area contributed by atoms with Crippen molar-refractivity contribution in [2.75, 3.05) is 0 Å². The molecule has 16 heteroatoms. The summed E-state index contributed by atoms with van der Waals surface area (Å²) in [5.74, 6) is -8.96. The van der Waals surface area contributed by atoms with Gasteiger partial charge in [-0.25, -0.2) is 66.7 Å². The van der Waals surface area contributed by atoms with Crippen molar-refractivity contribution in [3.05, 3.63) is 199 Å². The van der Waals surface area contributed by atoms with Gasteiger partial charge in [0.1, 0.15) is 0 Å². The molecular weight excluding hydrogens is 886 g/mol. The van der Waals surface area contributed by atoms with Crippen LogP contribution in [0.4, 0.5) is 27.6 Å². The Balaban J connectivity index is 1.22. The fraction of sp³-hybridized carbons (Fsp3) is 0. The molecule has 0 aliphatic rings. The van der Waals surface area contributed by atoms with Crippen molar-refractivity contribution in [2.45, 2.75) is 0 Å². The van der Waals surface area contributed by atoms with E-state index in [0.29, 0.717) is 78.4 Å². The Kier molecular flexibility index (Phi) is 9.51. The molecule has 11 nitrogen and oxygen atoms in total. The Hall–Kier alpha value is -9.62. The molecule has 0 N–H and O–H groups in total. The maximum atomic E-state index is 16.3. The third kappa shape index (κ3) is 6.47. The van der Waals surface area contributed by atoms with Crippen molar-refractivity contribution in [1.29, 1.82) is 0 Å². The van der Waals surface area contributed by atoms with Gasteiger partial charge in [0.05, 0.1) is 45.6 Å². The third-order valence-corrected chi connectivity index (χ3v) is 12.0. The van der Waals surface area contributed by atoms with E-state index in [1.807, 2.05) is 53.1 Å². The molecule has 0 fully saturated rings. The van der Waals surface area contributed by atoms with E-state index in [1.54, 1.807) is 103 Å². The largest absolute Gasteiger partial charge is 0.319 e. The molecule has 0 aliphatic carbocycles. The molecule has 6 heterocycles. The summed E-state index contributed by atoms with van der Waals surface area (Å²) in [6.45, 7) is 8.97. The minimum Gasteiger partial charge on any atom is -0.319 e. The Labute approximate surface area is 386 Å². The second kappa shape index (κ2) is 16.1. The van der Waals surface area contributed by atoms with Gasteiger partial charge in [0.2, 0.25) is 11.5 Å². The molecule has 12 aromatic rings. The normalized spacial score (nSPS) is 11.5. The molecule has 0 radical (unpaired) electrons. The van der Waals surface area contributed by atoms with Crippen molar-refractivity contribution in [3.63, 3.8) is 0 Å². The molecule has 0 unspecified atom stereocenters. The van der Waals surface area contributed by atoms with Crippen molar-refractivity contribution in [3.8, 4) is 68.1 Å². The van der Waals surface area contributed by atoms with Gasteiger partial charge in [-0.1, -0.05) is 6.07 Å². The van der Waals surface area contributed by atoms with Gasteiger partial charge in [0, 0.05) is 98.9 Å². The summed E-state index contributed by atoms with van der Waals surface area (Å²) in [7, 11) is 0. The van der Waals surface area contributed by atoms with E-state index in [-0.39, 0.29) is 17.1 Å². The molecule has 0 aliphatic heterocycles. The number of benzene rings is 6. The Morgan fingerprint density at radius 3 is 1.03 bits per heavy atom. The molecule has 0 saturated heterocycles. The molecule has 0 amide bonds. The lowest BCUT2D eigenvalue weighted by Crippen LogP contribution is -2.08. The average molecular weight is 912 g/mol. The van der Waals surface area contributed by atoms with Crippen LogP contribution in [0.5, 0.6) is 0 Å². The van der Waals surface area contributed by atoms with E-state index in [9.17, 15) is 4.39 Å². The number of halogens is 5. The quantitative estimate of drug-likeness (QED) is 0.0671. The van der Waals surface area contributed by atoms with Crippen LogP contribution in [-0.4, -0.2) is 49.0 Å². The highest BCUT2D eigenvalue weighted by molar-refractivity contribution is 6.14. The van der Waals surface area contributed by atoms with Gasteiger partial charge in [-0.15, -0.1) is 0 Å². The zero-order chi connectivity index (χ0) is 46.9. The van der Waals surface area contributed by atoms with Crippen LogP contribution in [0.2, 0.25) is 0 Å².